The van der Waals surface area contributed by atoms with E-state index < -0.39 is 28.1 Å². The van der Waals surface area contributed by atoms with Gasteiger partial charge in [-0.15, -0.1) is 0 Å². The van der Waals surface area contributed by atoms with Crippen molar-refractivity contribution >= 4 is 39.6 Å². The van der Waals surface area contributed by atoms with Crippen molar-refractivity contribution < 1.29 is 32.6 Å². The number of nitrogens with zero attached hydrogens (tertiary/aromatic N) is 2. The number of alkyl carbamates (subject to hydrolysis) is 1. The fourth-order valence-corrected chi connectivity index (χ4v) is 5.07. The number of carbonyl (C=O) groups excluding carboxylic acids is 2. The van der Waals surface area contributed by atoms with E-state index in [1.165, 1.54) is 33.5 Å². The molecule has 1 fully saturated rings. The molecule has 1 saturated heterocycles. The fraction of sp³-hybridized carbons (Fsp3) is 0.348. The van der Waals surface area contributed by atoms with E-state index in [0.29, 0.717) is 5.02 Å². The molecule has 0 aromatic heterocycles. The Balaban J connectivity index is 1.46. The lowest BCUT2D eigenvalue weighted by Crippen LogP contribution is -2.50. The molecule has 35 heavy (non-hydrogen) atoms. The number of hydrogen-bond acceptors (Lipinski definition) is 6. The Labute approximate surface area is 208 Å². The van der Waals surface area contributed by atoms with E-state index in [9.17, 15) is 27.9 Å². The van der Waals surface area contributed by atoms with Gasteiger partial charge in [-0.1, -0.05) is 41.9 Å². The number of amides is 2. The first-order chi connectivity index (χ1) is 16.7. The summed E-state index contributed by atoms with van der Waals surface area (Å²) < 4.78 is 31.9. The minimum absolute atomic E-state index is 0.0127. The van der Waals surface area contributed by atoms with Crippen LogP contribution < -0.4 is 5.32 Å². The summed E-state index contributed by atoms with van der Waals surface area (Å²) in [5.74, 6) is -1.60. The largest absolute Gasteiger partial charge is 0.480 e. The van der Waals surface area contributed by atoms with E-state index in [4.69, 9.17) is 16.3 Å². The SMILES string of the molecule is O=C(N[C@@H](CCC(=O)N1CCN(S(=O)(=O)c2ccc(Cl)cc2)CC1)C(=O)O)OCc1ccccc1. The van der Waals surface area contributed by atoms with Crippen molar-refractivity contribution in [3.05, 3.63) is 65.2 Å². The maximum atomic E-state index is 12.8. The van der Waals surface area contributed by atoms with Gasteiger partial charge in [-0.05, 0) is 36.2 Å². The summed E-state index contributed by atoms with van der Waals surface area (Å²) in [7, 11) is -3.71. The standard InChI is InChI=1S/C23H26ClN3O7S/c24-18-6-8-19(9-7-18)35(32,33)27-14-12-26(13-15-27)21(28)11-10-20(22(29)30)25-23(31)34-16-17-4-2-1-3-5-17/h1-9,20H,10-16H2,(H,25,31)(H,29,30)/t20-/m0/s1. The van der Waals surface area contributed by atoms with Gasteiger partial charge in [0.05, 0.1) is 4.90 Å². The molecule has 0 aliphatic carbocycles. The maximum Gasteiger partial charge on any atom is 0.408 e. The number of piperazine rings is 1. The van der Waals surface area contributed by atoms with Crippen LogP contribution in [0.2, 0.25) is 5.02 Å². The number of carboxylic acids is 1. The van der Waals surface area contributed by atoms with Gasteiger partial charge in [0.25, 0.3) is 0 Å². The van der Waals surface area contributed by atoms with Crippen molar-refractivity contribution in [3.63, 3.8) is 0 Å². The molecule has 2 N–H and O–H groups in total. The first-order valence-corrected chi connectivity index (χ1v) is 12.7. The van der Waals surface area contributed by atoms with E-state index >= 15 is 0 Å². The number of benzene rings is 2. The lowest BCUT2D eigenvalue weighted by atomic mass is 10.1. The molecule has 1 aliphatic heterocycles. The van der Waals surface area contributed by atoms with Crippen molar-refractivity contribution in [1.29, 1.82) is 0 Å². The average molecular weight is 524 g/mol. The Bertz CT molecular complexity index is 1140. The van der Waals surface area contributed by atoms with E-state index in [1.54, 1.807) is 24.3 Å². The van der Waals surface area contributed by atoms with Crippen LogP contribution in [0.4, 0.5) is 4.79 Å². The van der Waals surface area contributed by atoms with E-state index in [1.807, 2.05) is 6.07 Å². The molecule has 0 unspecified atom stereocenters. The van der Waals surface area contributed by atoms with Gasteiger partial charge in [0.2, 0.25) is 15.9 Å². The second-order valence-corrected chi connectivity index (χ2v) is 10.2. The van der Waals surface area contributed by atoms with E-state index in [0.717, 1.165) is 5.56 Å². The maximum absolute atomic E-state index is 12.8. The summed E-state index contributed by atoms with van der Waals surface area (Å²) in [6, 6.07) is 13.5. The van der Waals surface area contributed by atoms with Crippen molar-refractivity contribution in [3.8, 4) is 0 Å². The minimum Gasteiger partial charge on any atom is -0.480 e. The Morgan fingerprint density at radius 2 is 1.63 bits per heavy atom. The summed E-state index contributed by atoms with van der Waals surface area (Å²) in [5, 5.41) is 12.1. The zero-order chi connectivity index (χ0) is 25.4. The van der Waals surface area contributed by atoms with Gasteiger partial charge >= 0.3 is 12.1 Å². The van der Waals surface area contributed by atoms with Gasteiger partial charge in [-0.2, -0.15) is 4.31 Å². The highest BCUT2D eigenvalue weighted by atomic mass is 35.5. The Kier molecular flexibility index (Phi) is 9.07. The first-order valence-electron chi connectivity index (χ1n) is 10.9. The van der Waals surface area contributed by atoms with Gasteiger partial charge < -0.3 is 20.1 Å². The average Bonchev–Trinajstić information content (AvgIpc) is 2.86. The lowest BCUT2D eigenvalue weighted by molar-refractivity contribution is -0.140. The smallest absolute Gasteiger partial charge is 0.408 e. The monoisotopic (exact) mass is 523 g/mol. The molecule has 12 heteroatoms. The Hall–Kier alpha value is -3.15. The summed E-state index contributed by atoms with van der Waals surface area (Å²) in [6.07, 6.45) is -1.15. The predicted molar refractivity (Wildman–Crippen MR) is 127 cm³/mol. The van der Waals surface area contributed by atoms with Crippen LogP contribution >= 0.6 is 11.6 Å². The molecular formula is C23H26ClN3O7S. The van der Waals surface area contributed by atoms with Crippen LogP contribution in [-0.2, 0) is 31.0 Å². The molecule has 0 bridgehead atoms. The second-order valence-electron chi connectivity index (χ2n) is 7.87. The van der Waals surface area contributed by atoms with Crippen LogP contribution in [0.25, 0.3) is 0 Å². The van der Waals surface area contributed by atoms with Gasteiger partial charge in [-0.3, -0.25) is 4.79 Å². The predicted octanol–water partition coefficient (Wildman–Crippen LogP) is 2.33. The Morgan fingerprint density at radius 3 is 2.23 bits per heavy atom. The van der Waals surface area contributed by atoms with Crippen LogP contribution in [0.3, 0.4) is 0 Å². The summed E-state index contributed by atoms with van der Waals surface area (Å²) in [4.78, 5) is 37.7. The zero-order valence-electron chi connectivity index (χ0n) is 18.8. The topological polar surface area (TPSA) is 133 Å². The molecule has 3 rings (SSSR count). The number of rotatable bonds is 9. The van der Waals surface area contributed by atoms with Crippen molar-refractivity contribution in [2.24, 2.45) is 0 Å². The van der Waals surface area contributed by atoms with Crippen LogP contribution in [-0.4, -0.2) is 72.9 Å². The normalized spacial score (nSPS) is 15.3. The molecule has 10 nitrogen and oxygen atoms in total. The van der Waals surface area contributed by atoms with Gasteiger partial charge in [0.15, 0.2) is 0 Å². The van der Waals surface area contributed by atoms with Gasteiger partial charge in [-0.25, -0.2) is 18.0 Å². The van der Waals surface area contributed by atoms with Gasteiger partial charge in [0, 0.05) is 37.6 Å². The van der Waals surface area contributed by atoms with Crippen LogP contribution in [0.15, 0.2) is 59.5 Å². The summed E-state index contributed by atoms with van der Waals surface area (Å²) in [6.45, 7) is 0.569. The quantitative estimate of drug-likeness (QED) is 0.515. The van der Waals surface area contributed by atoms with Crippen LogP contribution in [0.1, 0.15) is 18.4 Å². The third kappa shape index (κ3) is 7.41. The molecule has 0 spiro atoms. The summed E-state index contributed by atoms with van der Waals surface area (Å²) in [5.41, 5.74) is 0.752. The van der Waals surface area contributed by atoms with Crippen molar-refractivity contribution in [2.45, 2.75) is 30.4 Å². The van der Waals surface area contributed by atoms with E-state index in [2.05, 4.69) is 5.32 Å². The third-order valence-corrected chi connectivity index (χ3v) is 7.66. The molecule has 2 aromatic rings. The molecule has 1 atom stereocenters. The highest BCUT2D eigenvalue weighted by molar-refractivity contribution is 7.89. The lowest BCUT2D eigenvalue weighted by Gasteiger charge is -2.34. The molecule has 1 heterocycles. The first kappa shape index (κ1) is 26.5. The van der Waals surface area contributed by atoms with Crippen LogP contribution in [0, 0.1) is 0 Å². The third-order valence-electron chi connectivity index (χ3n) is 5.49. The number of hydrogen-bond donors (Lipinski definition) is 2. The number of halogens is 1. The Morgan fingerprint density at radius 1 is 1.00 bits per heavy atom. The minimum atomic E-state index is -3.71. The number of sulfonamides is 1. The van der Waals surface area contributed by atoms with Crippen molar-refractivity contribution in [1.82, 2.24) is 14.5 Å². The molecule has 188 valence electrons. The number of carbonyl (C=O) groups is 3. The molecule has 1 aliphatic rings. The molecule has 2 amide bonds. The molecule has 0 radical (unpaired) electrons. The fourth-order valence-electron chi connectivity index (χ4n) is 3.52. The molecule has 2 aromatic carbocycles. The number of nitrogens with one attached hydrogen (secondary N) is 1. The van der Waals surface area contributed by atoms with Gasteiger partial charge in [0.1, 0.15) is 12.6 Å². The van der Waals surface area contributed by atoms with Crippen LogP contribution in [0.5, 0.6) is 0 Å². The number of ether oxygens (including phenoxy) is 1. The molecular weight excluding hydrogens is 498 g/mol. The molecule has 0 saturated carbocycles. The second kappa shape index (κ2) is 12.0. The number of carboxylic acid groups (broad SMARTS) is 1. The highest BCUT2D eigenvalue weighted by Crippen LogP contribution is 2.20. The number of aliphatic carboxylic acids is 1. The van der Waals surface area contributed by atoms with E-state index in [-0.39, 0.29) is 56.4 Å². The summed E-state index contributed by atoms with van der Waals surface area (Å²) >= 11 is 5.82. The zero-order valence-corrected chi connectivity index (χ0v) is 20.4. The van der Waals surface area contributed by atoms with Crippen molar-refractivity contribution in [2.75, 3.05) is 26.2 Å². The highest BCUT2D eigenvalue weighted by Gasteiger charge is 2.31.